The number of imidazole rings is 1. The van der Waals surface area contributed by atoms with Crippen LogP contribution in [0.3, 0.4) is 0 Å². The third kappa shape index (κ3) is 2.63. The van der Waals surface area contributed by atoms with Gasteiger partial charge in [-0.1, -0.05) is 37.3 Å². The van der Waals surface area contributed by atoms with E-state index in [1.54, 1.807) is 0 Å². The zero-order chi connectivity index (χ0) is 14.0. The molecular weight excluding hydrogens is 246 g/mol. The van der Waals surface area contributed by atoms with Gasteiger partial charge in [-0.2, -0.15) is 0 Å². The van der Waals surface area contributed by atoms with Crippen molar-refractivity contribution in [2.24, 2.45) is 0 Å². The molecule has 3 rings (SSSR count). The quantitative estimate of drug-likeness (QED) is 0.873. The summed E-state index contributed by atoms with van der Waals surface area (Å²) in [5, 5.41) is 3.82. The van der Waals surface area contributed by atoms with Gasteiger partial charge >= 0.3 is 0 Å². The molecule has 1 unspecified atom stereocenters. The molecule has 106 valence electrons. The Morgan fingerprint density at radius 2 is 2.05 bits per heavy atom. The molecule has 20 heavy (non-hydrogen) atoms. The zero-order valence-corrected chi connectivity index (χ0v) is 12.3. The maximum absolute atomic E-state index is 4.39. The minimum atomic E-state index is 0.216. The molecule has 1 saturated carbocycles. The van der Waals surface area contributed by atoms with Gasteiger partial charge in [0.1, 0.15) is 5.82 Å². The number of rotatable bonds is 6. The predicted molar refractivity (Wildman–Crippen MR) is 81.6 cm³/mol. The third-order valence-corrected chi connectivity index (χ3v) is 4.19. The lowest BCUT2D eigenvalue weighted by Crippen LogP contribution is -2.39. The van der Waals surface area contributed by atoms with Crippen molar-refractivity contribution in [2.45, 2.75) is 51.2 Å². The summed E-state index contributed by atoms with van der Waals surface area (Å²) < 4.78 is 2.26. The second kappa shape index (κ2) is 5.41. The van der Waals surface area contributed by atoms with Gasteiger partial charge in [0.05, 0.1) is 0 Å². The molecule has 1 atom stereocenters. The SMILES string of the molecule is CCc1nccn1CC(C)NC1(c2ccccc2)CC1. The molecule has 1 N–H and O–H groups in total. The Labute approximate surface area is 121 Å². The molecule has 0 spiro atoms. The fourth-order valence-corrected chi connectivity index (χ4v) is 3.03. The molecule has 1 aliphatic rings. The fourth-order valence-electron chi connectivity index (χ4n) is 3.03. The normalized spacial score (nSPS) is 17.9. The first-order valence-corrected chi connectivity index (χ1v) is 7.57. The molecule has 0 amide bonds. The predicted octanol–water partition coefficient (Wildman–Crippen LogP) is 3.11. The highest BCUT2D eigenvalue weighted by molar-refractivity contribution is 5.30. The van der Waals surface area contributed by atoms with E-state index in [0.29, 0.717) is 6.04 Å². The molecule has 0 bridgehead atoms. The van der Waals surface area contributed by atoms with Crippen molar-refractivity contribution in [3.8, 4) is 0 Å². The summed E-state index contributed by atoms with van der Waals surface area (Å²) in [6.07, 6.45) is 7.45. The first kappa shape index (κ1) is 13.4. The van der Waals surface area contributed by atoms with E-state index in [0.717, 1.165) is 13.0 Å². The molecule has 0 saturated heterocycles. The topological polar surface area (TPSA) is 29.9 Å². The van der Waals surface area contributed by atoms with Gasteiger partial charge in [0.25, 0.3) is 0 Å². The number of benzene rings is 1. The van der Waals surface area contributed by atoms with E-state index < -0.39 is 0 Å². The maximum atomic E-state index is 4.39. The monoisotopic (exact) mass is 269 g/mol. The van der Waals surface area contributed by atoms with Gasteiger partial charge in [0.2, 0.25) is 0 Å². The molecule has 3 heteroatoms. The van der Waals surface area contributed by atoms with Crippen molar-refractivity contribution in [3.05, 3.63) is 54.1 Å². The highest BCUT2D eigenvalue weighted by Gasteiger charge is 2.44. The van der Waals surface area contributed by atoms with E-state index in [-0.39, 0.29) is 5.54 Å². The lowest BCUT2D eigenvalue weighted by molar-refractivity contribution is 0.396. The van der Waals surface area contributed by atoms with E-state index in [1.807, 2.05) is 6.20 Å². The minimum Gasteiger partial charge on any atom is -0.333 e. The zero-order valence-electron chi connectivity index (χ0n) is 12.3. The summed E-state index contributed by atoms with van der Waals surface area (Å²) in [4.78, 5) is 4.39. The Kier molecular flexibility index (Phi) is 3.62. The number of hydrogen-bond donors (Lipinski definition) is 1. The summed E-state index contributed by atoms with van der Waals surface area (Å²) in [5.74, 6) is 1.17. The van der Waals surface area contributed by atoms with Gasteiger partial charge in [0.15, 0.2) is 0 Å². The van der Waals surface area contributed by atoms with Crippen molar-refractivity contribution >= 4 is 0 Å². The molecule has 3 nitrogen and oxygen atoms in total. The van der Waals surface area contributed by atoms with Crippen LogP contribution in [0.4, 0.5) is 0 Å². The van der Waals surface area contributed by atoms with Gasteiger partial charge in [0, 0.05) is 36.9 Å². The maximum Gasteiger partial charge on any atom is 0.108 e. The Hall–Kier alpha value is -1.61. The number of nitrogens with zero attached hydrogens (tertiary/aromatic N) is 2. The van der Waals surface area contributed by atoms with Crippen LogP contribution in [0.25, 0.3) is 0 Å². The average molecular weight is 269 g/mol. The molecule has 1 heterocycles. The van der Waals surface area contributed by atoms with Crippen LogP contribution >= 0.6 is 0 Å². The Bertz CT molecular complexity index is 555. The van der Waals surface area contributed by atoms with Gasteiger partial charge in [-0.15, -0.1) is 0 Å². The molecule has 1 aromatic heterocycles. The smallest absolute Gasteiger partial charge is 0.108 e. The van der Waals surface area contributed by atoms with Crippen LogP contribution in [0.15, 0.2) is 42.7 Å². The molecule has 1 aliphatic carbocycles. The van der Waals surface area contributed by atoms with Gasteiger partial charge < -0.3 is 9.88 Å². The first-order valence-electron chi connectivity index (χ1n) is 7.57. The summed E-state index contributed by atoms with van der Waals surface area (Å²) in [5.41, 5.74) is 1.64. The third-order valence-electron chi connectivity index (χ3n) is 4.19. The standard InChI is InChI=1S/C17H23N3/c1-3-16-18-11-12-20(16)13-14(2)19-17(9-10-17)15-7-5-4-6-8-15/h4-8,11-12,14,19H,3,9-10,13H2,1-2H3. The fraction of sp³-hybridized carbons (Fsp3) is 0.471. The lowest BCUT2D eigenvalue weighted by atomic mass is 10.0. The van der Waals surface area contributed by atoms with E-state index in [2.05, 4.69) is 65.2 Å². The lowest BCUT2D eigenvalue weighted by Gasteiger charge is -2.24. The van der Waals surface area contributed by atoms with Gasteiger partial charge in [-0.05, 0) is 25.3 Å². The van der Waals surface area contributed by atoms with E-state index in [1.165, 1.54) is 24.2 Å². The van der Waals surface area contributed by atoms with Gasteiger partial charge in [-0.25, -0.2) is 4.98 Å². The van der Waals surface area contributed by atoms with E-state index in [4.69, 9.17) is 0 Å². The van der Waals surface area contributed by atoms with Crippen molar-refractivity contribution in [2.75, 3.05) is 0 Å². The molecule has 1 aromatic carbocycles. The molecule has 0 radical (unpaired) electrons. The van der Waals surface area contributed by atoms with E-state index in [9.17, 15) is 0 Å². The first-order chi connectivity index (χ1) is 9.73. The van der Waals surface area contributed by atoms with Crippen LogP contribution in [0.5, 0.6) is 0 Å². The number of hydrogen-bond acceptors (Lipinski definition) is 2. The van der Waals surface area contributed by atoms with Crippen molar-refractivity contribution < 1.29 is 0 Å². The number of nitrogens with one attached hydrogen (secondary N) is 1. The summed E-state index contributed by atoms with van der Waals surface area (Å²) in [7, 11) is 0. The number of aromatic nitrogens is 2. The van der Waals surface area contributed by atoms with Crippen molar-refractivity contribution in [3.63, 3.8) is 0 Å². The highest BCUT2D eigenvalue weighted by atomic mass is 15.1. The molecule has 1 fully saturated rings. The summed E-state index contributed by atoms with van der Waals surface area (Å²) >= 11 is 0. The number of aryl methyl sites for hydroxylation is 1. The van der Waals surface area contributed by atoms with Crippen LogP contribution < -0.4 is 5.32 Å². The molecule has 0 aliphatic heterocycles. The minimum absolute atomic E-state index is 0.216. The van der Waals surface area contributed by atoms with Crippen molar-refractivity contribution in [1.82, 2.24) is 14.9 Å². The van der Waals surface area contributed by atoms with Crippen LogP contribution in [0, 0.1) is 0 Å². The van der Waals surface area contributed by atoms with Crippen LogP contribution in [-0.2, 0) is 18.5 Å². The van der Waals surface area contributed by atoms with Crippen molar-refractivity contribution in [1.29, 1.82) is 0 Å². The van der Waals surface area contributed by atoms with Crippen LogP contribution in [0.2, 0.25) is 0 Å². The Balaban J connectivity index is 1.66. The molecule has 2 aromatic rings. The van der Waals surface area contributed by atoms with Gasteiger partial charge in [-0.3, -0.25) is 0 Å². The second-order valence-electron chi connectivity index (χ2n) is 5.84. The summed E-state index contributed by atoms with van der Waals surface area (Å²) in [6, 6.07) is 11.3. The summed E-state index contributed by atoms with van der Waals surface area (Å²) in [6.45, 7) is 5.41. The Morgan fingerprint density at radius 1 is 1.30 bits per heavy atom. The van der Waals surface area contributed by atoms with Crippen LogP contribution in [0.1, 0.15) is 38.1 Å². The van der Waals surface area contributed by atoms with Crippen LogP contribution in [-0.4, -0.2) is 15.6 Å². The van der Waals surface area contributed by atoms with E-state index >= 15 is 0 Å². The highest BCUT2D eigenvalue weighted by Crippen LogP contribution is 2.45. The average Bonchev–Trinajstić information content (AvgIpc) is 3.11. The molecular formula is C17H23N3. The Morgan fingerprint density at radius 3 is 2.70 bits per heavy atom. The second-order valence-corrected chi connectivity index (χ2v) is 5.84. The largest absolute Gasteiger partial charge is 0.333 e.